The molecule has 4 rings (SSSR count). The van der Waals surface area contributed by atoms with Gasteiger partial charge in [0.2, 0.25) is 5.91 Å². The van der Waals surface area contributed by atoms with Crippen molar-refractivity contribution in [1.29, 1.82) is 5.26 Å². The molecule has 1 saturated heterocycles. The van der Waals surface area contributed by atoms with Crippen LogP contribution in [-0.4, -0.2) is 37.0 Å². The van der Waals surface area contributed by atoms with Gasteiger partial charge in [0.1, 0.15) is 24.7 Å². The predicted octanol–water partition coefficient (Wildman–Crippen LogP) is 4.46. The highest BCUT2D eigenvalue weighted by molar-refractivity contribution is 5.72. The molecule has 1 amide bonds. The summed E-state index contributed by atoms with van der Waals surface area (Å²) in [6, 6.07) is 22.4. The SMILES string of the molecule is CC(=O)NCCNCc1ccc(OCc2cccc(COc3ccc(CN4CCC4)cc3C)c2C#N)cc1. The number of hydrogen-bond acceptors (Lipinski definition) is 6. The van der Waals surface area contributed by atoms with Crippen LogP contribution in [0, 0.1) is 18.3 Å². The molecule has 0 spiro atoms. The zero-order valence-corrected chi connectivity index (χ0v) is 22.3. The molecule has 1 fully saturated rings. The molecule has 2 N–H and O–H groups in total. The fourth-order valence-corrected chi connectivity index (χ4v) is 4.39. The summed E-state index contributed by atoms with van der Waals surface area (Å²) in [6.07, 6.45) is 1.29. The van der Waals surface area contributed by atoms with Gasteiger partial charge in [-0.1, -0.05) is 42.5 Å². The van der Waals surface area contributed by atoms with Crippen LogP contribution in [0.4, 0.5) is 0 Å². The molecule has 0 aromatic heterocycles. The summed E-state index contributed by atoms with van der Waals surface area (Å²) in [5, 5.41) is 15.9. The van der Waals surface area contributed by atoms with E-state index >= 15 is 0 Å². The Hall–Kier alpha value is -3.86. The highest BCUT2D eigenvalue weighted by Gasteiger charge is 2.15. The minimum atomic E-state index is -0.0244. The first-order valence-corrected chi connectivity index (χ1v) is 13.1. The van der Waals surface area contributed by atoms with Gasteiger partial charge >= 0.3 is 0 Å². The summed E-state index contributed by atoms with van der Waals surface area (Å²) >= 11 is 0. The van der Waals surface area contributed by atoms with E-state index in [1.54, 1.807) is 0 Å². The summed E-state index contributed by atoms with van der Waals surface area (Å²) in [4.78, 5) is 13.3. The number of carbonyl (C=O) groups is 1. The zero-order valence-electron chi connectivity index (χ0n) is 22.3. The number of carbonyl (C=O) groups excluding carboxylic acids is 1. The maximum atomic E-state index is 10.9. The van der Waals surface area contributed by atoms with Gasteiger partial charge in [-0.05, 0) is 61.3 Å². The third-order valence-corrected chi connectivity index (χ3v) is 6.65. The number of likely N-dealkylation sites (tertiary alicyclic amines) is 1. The summed E-state index contributed by atoms with van der Waals surface area (Å²) in [5.74, 6) is 1.56. The molecule has 0 unspecified atom stereocenters. The molecule has 0 aliphatic carbocycles. The van der Waals surface area contributed by atoms with E-state index in [1.165, 1.54) is 32.0 Å². The normalized spacial score (nSPS) is 12.9. The van der Waals surface area contributed by atoms with Gasteiger partial charge in [-0.15, -0.1) is 0 Å². The molecule has 3 aromatic rings. The Labute approximate surface area is 225 Å². The monoisotopic (exact) mass is 512 g/mol. The van der Waals surface area contributed by atoms with E-state index in [4.69, 9.17) is 9.47 Å². The number of nitriles is 1. The van der Waals surface area contributed by atoms with Crippen molar-refractivity contribution in [2.24, 2.45) is 0 Å². The molecule has 0 radical (unpaired) electrons. The number of amides is 1. The molecule has 198 valence electrons. The Morgan fingerprint density at radius 2 is 1.68 bits per heavy atom. The molecular formula is C31H36N4O3. The van der Waals surface area contributed by atoms with Crippen LogP contribution in [0.1, 0.15) is 46.7 Å². The van der Waals surface area contributed by atoms with Crippen molar-refractivity contribution in [3.8, 4) is 17.6 Å². The molecule has 7 heteroatoms. The van der Waals surface area contributed by atoms with Crippen LogP contribution >= 0.6 is 0 Å². The van der Waals surface area contributed by atoms with E-state index in [2.05, 4.69) is 40.7 Å². The van der Waals surface area contributed by atoms with Gasteiger partial charge in [0.15, 0.2) is 0 Å². The number of ether oxygens (including phenoxy) is 2. The smallest absolute Gasteiger partial charge is 0.216 e. The van der Waals surface area contributed by atoms with Crippen molar-refractivity contribution in [3.63, 3.8) is 0 Å². The van der Waals surface area contributed by atoms with Crippen molar-refractivity contribution < 1.29 is 14.3 Å². The second kappa shape index (κ2) is 13.6. The molecule has 0 bridgehead atoms. The number of aryl methyl sites for hydroxylation is 1. The number of nitrogens with one attached hydrogen (secondary N) is 2. The number of hydrogen-bond donors (Lipinski definition) is 2. The lowest BCUT2D eigenvalue weighted by atomic mass is 10.0. The fourth-order valence-electron chi connectivity index (χ4n) is 4.39. The summed E-state index contributed by atoms with van der Waals surface area (Å²) in [6.45, 7) is 9.57. The molecule has 3 aromatic carbocycles. The molecule has 0 saturated carbocycles. The van der Waals surface area contributed by atoms with Gasteiger partial charge in [0.05, 0.1) is 11.6 Å². The topological polar surface area (TPSA) is 86.6 Å². The highest BCUT2D eigenvalue weighted by atomic mass is 16.5. The Bertz CT molecular complexity index is 1260. The van der Waals surface area contributed by atoms with Crippen molar-refractivity contribution >= 4 is 5.91 Å². The van der Waals surface area contributed by atoms with E-state index in [0.29, 0.717) is 38.4 Å². The van der Waals surface area contributed by atoms with Gasteiger partial charge in [-0.2, -0.15) is 5.26 Å². The molecule has 1 heterocycles. The summed E-state index contributed by atoms with van der Waals surface area (Å²) in [5.41, 5.74) is 5.81. The Balaban J connectivity index is 1.29. The zero-order chi connectivity index (χ0) is 26.7. The Morgan fingerprint density at radius 3 is 2.32 bits per heavy atom. The van der Waals surface area contributed by atoms with E-state index in [-0.39, 0.29) is 5.91 Å². The second-order valence-corrected chi connectivity index (χ2v) is 9.67. The van der Waals surface area contributed by atoms with Crippen molar-refractivity contribution in [1.82, 2.24) is 15.5 Å². The first kappa shape index (κ1) is 27.2. The van der Waals surface area contributed by atoms with Gasteiger partial charge in [0.25, 0.3) is 0 Å². The van der Waals surface area contributed by atoms with Crippen LogP contribution in [0.3, 0.4) is 0 Å². The van der Waals surface area contributed by atoms with Gasteiger partial charge < -0.3 is 20.1 Å². The minimum Gasteiger partial charge on any atom is -0.489 e. The maximum Gasteiger partial charge on any atom is 0.216 e. The number of rotatable bonds is 13. The van der Waals surface area contributed by atoms with Crippen LogP contribution in [-0.2, 0) is 31.1 Å². The maximum absolute atomic E-state index is 10.9. The van der Waals surface area contributed by atoms with E-state index in [9.17, 15) is 10.1 Å². The largest absolute Gasteiger partial charge is 0.489 e. The van der Waals surface area contributed by atoms with Gasteiger partial charge in [-0.25, -0.2) is 0 Å². The lowest BCUT2D eigenvalue weighted by molar-refractivity contribution is -0.118. The average Bonchev–Trinajstić information content (AvgIpc) is 2.89. The average molecular weight is 513 g/mol. The van der Waals surface area contributed by atoms with E-state index in [0.717, 1.165) is 40.3 Å². The molecule has 1 aliphatic rings. The minimum absolute atomic E-state index is 0.0244. The standard InChI is InChI=1S/C31H36N4O3/c1-23-17-26(20-35-15-4-16-35)9-12-31(23)38-22-28-6-3-5-27(30(28)18-32)21-37-29-10-7-25(8-11-29)19-33-13-14-34-24(2)36/h3,5-12,17,33H,4,13-16,19-22H2,1-2H3,(H,34,36). The quantitative estimate of drug-likeness (QED) is 0.329. The first-order valence-electron chi connectivity index (χ1n) is 13.1. The summed E-state index contributed by atoms with van der Waals surface area (Å²) in [7, 11) is 0. The van der Waals surface area contributed by atoms with E-state index in [1.807, 2.05) is 48.5 Å². The van der Waals surface area contributed by atoms with Crippen LogP contribution in [0.2, 0.25) is 0 Å². The summed E-state index contributed by atoms with van der Waals surface area (Å²) < 4.78 is 12.1. The fraction of sp³-hybridized carbons (Fsp3) is 0.355. The third kappa shape index (κ3) is 7.82. The van der Waals surface area contributed by atoms with Crippen molar-refractivity contribution in [3.05, 3.63) is 94.0 Å². The molecule has 1 aliphatic heterocycles. The Kier molecular flexibility index (Phi) is 9.74. The molecular weight excluding hydrogens is 476 g/mol. The Morgan fingerprint density at radius 1 is 0.974 bits per heavy atom. The third-order valence-electron chi connectivity index (χ3n) is 6.65. The highest BCUT2D eigenvalue weighted by Crippen LogP contribution is 2.24. The van der Waals surface area contributed by atoms with Crippen LogP contribution in [0.15, 0.2) is 60.7 Å². The first-order chi connectivity index (χ1) is 18.5. The second-order valence-electron chi connectivity index (χ2n) is 9.67. The number of benzene rings is 3. The van der Waals surface area contributed by atoms with Crippen molar-refractivity contribution in [2.45, 2.75) is 46.6 Å². The predicted molar refractivity (Wildman–Crippen MR) is 148 cm³/mol. The van der Waals surface area contributed by atoms with E-state index < -0.39 is 0 Å². The lowest BCUT2D eigenvalue weighted by Gasteiger charge is -2.30. The lowest BCUT2D eigenvalue weighted by Crippen LogP contribution is -2.36. The molecule has 38 heavy (non-hydrogen) atoms. The van der Waals surface area contributed by atoms with Gasteiger partial charge in [-0.3, -0.25) is 9.69 Å². The number of nitrogens with zero attached hydrogens (tertiary/aromatic N) is 2. The molecule has 7 nitrogen and oxygen atoms in total. The van der Waals surface area contributed by atoms with Crippen LogP contribution in [0.5, 0.6) is 11.5 Å². The van der Waals surface area contributed by atoms with Crippen molar-refractivity contribution in [2.75, 3.05) is 26.2 Å². The van der Waals surface area contributed by atoms with Gasteiger partial charge in [0, 0.05) is 44.2 Å². The molecule has 0 atom stereocenters. The van der Waals surface area contributed by atoms with Crippen LogP contribution in [0.25, 0.3) is 0 Å². The van der Waals surface area contributed by atoms with Crippen LogP contribution < -0.4 is 20.1 Å².